The quantitative estimate of drug-likeness (QED) is 0.196. The van der Waals surface area contributed by atoms with Gasteiger partial charge in [0.25, 0.3) is 0 Å². The summed E-state index contributed by atoms with van der Waals surface area (Å²) in [6, 6.07) is 38.0. The van der Waals surface area contributed by atoms with Crippen LogP contribution in [0.25, 0.3) is 10.9 Å². The average Bonchev–Trinajstić information content (AvgIpc) is 3.03. The second-order valence-corrected chi connectivity index (χ2v) is 13.4. The Labute approximate surface area is 250 Å². The fraction of sp³-hybridized carbons (Fsp3) is 0.222. The molecule has 206 valence electrons. The minimum atomic E-state index is -0.199. The van der Waals surface area contributed by atoms with Gasteiger partial charge < -0.3 is 5.32 Å². The maximum atomic E-state index is 13.0. The van der Waals surface area contributed by atoms with Crippen LogP contribution in [0.3, 0.4) is 0 Å². The first-order valence-electron chi connectivity index (χ1n) is 14.4. The summed E-state index contributed by atoms with van der Waals surface area (Å²) in [6.45, 7) is 2.07. The van der Waals surface area contributed by atoms with Gasteiger partial charge in [-0.1, -0.05) is 54.9 Å². The standard InChI is InChI=1S/C36H33ClN2OS/c1-25(36(40)39-29-18-16-28(37)17-19-29)26-12-14-27(15-13-26)33-22-23-38-35-21-20-32(24-34(33)35)41(30-8-4-2-5-9-30)31-10-6-3-7-11-31/h2-11,16-27H,12-15H2,1H3/p+1/t25-,26?,27?/m1/s1. The molecule has 0 unspecified atom stereocenters. The molecule has 1 N–H and O–H groups in total. The Hall–Kier alpha value is -3.60. The lowest BCUT2D eigenvalue weighted by atomic mass is 9.73. The van der Waals surface area contributed by atoms with E-state index in [-0.39, 0.29) is 22.7 Å². The summed E-state index contributed by atoms with van der Waals surface area (Å²) in [7, 11) is -0.199. The molecular formula is C36H34ClN2OS+. The lowest BCUT2D eigenvalue weighted by Gasteiger charge is -2.32. The second kappa shape index (κ2) is 12.5. The first-order chi connectivity index (χ1) is 20.1. The molecule has 1 fully saturated rings. The van der Waals surface area contributed by atoms with Crippen molar-refractivity contribution in [3.8, 4) is 0 Å². The SMILES string of the molecule is C[C@@H](C(=O)Nc1ccc(Cl)cc1)C1CCC(c2ccnc3ccc([S+](c4ccccc4)c4ccccc4)cc23)CC1. The second-order valence-electron chi connectivity index (χ2n) is 10.9. The zero-order valence-electron chi connectivity index (χ0n) is 23.2. The van der Waals surface area contributed by atoms with Crippen molar-refractivity contribution in [2.24, 2.45) is 11.8 Å². The Bertz CT molecular complexity index is 1580. The van der Waals surface area contributed by atoms with Crippen LogP contribution in [0.1, 0.15) is 44.1 Å². The first-order valence-corrected chi connectivity index (χ1v) is 16.0. The molecule has 1 amide bonds. The monoisotopic (exact) mass is 577 g/mol. The highest BCUT2D eigenvalue weighted by Gasteiger charge is 2.32. The molecule has 3 nitrogen and oxygen atoms in total. The van der Waals surface area contributed by atoms with E-state index in [0.29, 0.717) is 16.9 Å². The van der Waals surface area contributed by atoms with E-state index in [4.69, 9.17) is 16.6 Å². The number of amides is 1. The van der Waals surface area contributed by atoms with E-state index in [1.807, 2.05) is 18.3 Å². The highest BCUT2D eigenvalue weighted by atomic mass is 35.5. The number of rotatable bonds is 7. The summed E-state index contributed by atoms with van der Waals surface area (Å²) in [5.74, 6) is 0.896. The number of pyridine rings is 1. The van der Waals surface area contributed by atoms with Crippen LogP contribution in [0, 0.1) is 11.8 Å². The van der Waals surface area contributed by atoms with Gasteiger partial charge in [-0.05, 0) is 110 Å². The van der Waals surface area contributed by atoms with Crippen LogP contribution in [-0.2, 0) is 15.7 Å². The number of hydrogen-bond donors (Lipinski definition) is 1. The molecule has 0 spiro atoms. The molecule has 1 atom stereocenters. The molecule has 1 saturated carbocycles. The molecule has 0 bridgehead atoms. The summed E-state index contributed by atoms with van der Waals surface area (Å²) >= 11 is 6.00. The predicted octanol–water partition coefficient (Wildman–Crippen LogP) is 9.53. The molecule has 1 aliphatic rings. The van der Waals surface area contributed by atoms with E-state index in [9.17, 15) is 4.79 Å². The Kier molecular flexibility index (Phi) is 8.41. The summed E-state index contributed by atoms with van der Waals surface area (Å²) in [5.41, 5.74) is 3.23. The Balaban J connectivity index is 1.22. The fourth-order valence-corrected chi connectivity index (χ4v) is 8.33. The number of benzene rings is 4. The van der Waals surface area contributed by atoms with Gasteiger partial charge in [0.15, 0.2) is 14.7 Å². The lowest BCUT2D eigenvalue weighted by Crippen LogP contribution is -2.29. The van der Waals surface area contributed by atoms with Crippen molar-refractivity contribution in [2.75, 3.05) is 5.32 Å². The van der Waals surface area contributed by atoms with Crippen LogP contribution < -0.4 is 5.32 Å². The average molecular weight is 578 g/mol. The maximum absolute atomic E-state index is 13.0. The third kappa shape index (κ3) is 6.19. The van der Waals surface area contributed by atoms with Crippen molar-refractivity contribution in [1.29, 1.82) is 0 Å². The van der Waals surface area contributed by atoms with Crippen molar-refractivity contribution < 1.29 is 4.79 Å². The molecule has 0 radical (unpaired) electrons. The third-order valence-electron chi connectivity index (χ3n) is 8.38. The topological polar surface area (TPSA) is 42.0 Å². The number of nitrogens with zero attached hydrogens (tertiary/aromatic N) is 1. The number of anilines is 1. The van der Waals surface area contributed by atoms with Crippen molar-refractivity contribution in [3.05, 3.63) is 126 Å². The molecular weight excluding hydrogens is 544 g/mol. The van der Waals surface area contributed by atoms with Crippen LogP contribution in [0.2, 0.25) is 5.02 Å². The molecule has 41 heavy (non-hydrogen) atoms. The van der Waals surface area contributed by atoms with Crippen LogP contribution >= 0.6 is 11.6 Å². The van der Waals surface area contributed by atoms with E-state index in [0.717, 1.165) is 36.9 Å². The molecule has 1 heterocycles. The Morgan fingerprint density at radius 1 is 0.805 bits per heavy atom. The first kappa shape index (κ1) is 27.6. The molecule has 1 aromatic heterocycles. The smallest absolute Gasteiger partial charge is 0.227 e. The summed E-state index contributed by atoms with van der Waals surface area (Å²) in [4.78, 5) is 21.7. The number of nitrogens with one attached hydrogen (secondary N) is 1. The number of carbonyl (C=O) groups excluding carboxylic acids is 1. The molecule has 0 saturated heterocycles. The van der Waals surface area contributed by atoms with Gasteiger partial charge in [-0.25, -0.2) is 0 Å². The lowest BCUT2D eigenvalue weighted by molar-refractivity contribution is -0.121. The molecule has 0 aliphatic heterocycles. The van der Waals surface area contributed by atoms with E-state index in [1.165, 1.54) is 25.6 Å². The van der Waals surface area contributed by atoms with Crippen LogP contribution in [0.4, 0.5) is 5.69 Å². The summed E-state index contributed by atoms with van der Waals surface area (Å²) in [5, 5.41) is 5.00. The maximum Gasteiger partial charge on any atom is 0.227 e. The van der Waals surface area contributed by atoms with Gasteiger partial charge in [-0.2, -0.15) is 0 Å². The highest BCUT2D eigenvalue weighted by molar-refractivity contribution is 7.97. The van der Waals surface area contributed by atoms with Crippen LogP contribution in [-0.4, -0.2) is 10.9 Å². The van der Waals surface area contributed by atoms with Gasteiger partial charge in [-0.3, -0.25) is 9.78 Å². The van der Waals surface area contributed by atoms with Crippen molar-refractivity contribution in [2.45, 2.75) is 53.2 Å². The number of fused-ring (bicyclic) bond motifs is 1. The van der Waals surface area contributed by atoms with Crippen molar-refractivity contribution in [3.63, 3.8) is 0 Å². The van der Waals surface area contributed by atoms with E-state index in [1.54, 1.807) is 12.1 Å². The largest absolute Gasteiger partial charge is 0.326 e. The van der Waals surface area contributed by atoms with Gasteiger partial charge in [0.2, 0.25) is 5.91 Å². The minimum absolute atomic E-state index is 0.0360. The third-order valence-corrected chi connectivity index (χ3v) is 10.8. The van der Waals surface area contributed by atoms with Crippen molar-refractivity contribution >= 4 is 45.0 Å². The number of hydrogen-bond acceptors (Lipinski definition) is 2. The van der Waals surface area contributed by atoms with Gasteiger partial charge in [0.1, 0.15) is 0 Å². The molecule has 1 aliphatic carbocycles. The zero-order chi connectivity index (χ0) is 28.2. The molecule has 4 aromatic carbocycles. The van der Waals surface area contributed by atoms with E-state index in [2.05, 4.69) is 97.2 Å². The Morgan fingerprint density at radius 3 is 2.07 bits per heavy atom. The zero-order valence-corrected chi connectivity index (χ0v) is 24.7. The van der Waals surface area contributed by atoms with Crippen molar-refractivity contribution in [1.82, 2.24) is 4.98 Å². The van der Waals surface area contributed by atoms with Crippen LogP contribution in [0.5, 0.6) is 0 Å². The van der Waals surface area contributed by atoms with Gasteiger partial charge in [0, 0.05) is 34.3 Å². The number of halogens is 1. The molecule has 5 aromatic rings. The normalized spacial score (nSPS) is 17.8. The van der Waals surface area contributed by atoms with E-state index >= 15 is 0 Å². The Morgan fingerprint density at radius 2 is 1.44 bits per heavy atom. The molecule has 6 rings (SSSR count). The summed E-state index contributed by atoms with van der Waals surface area (Å²) < 4.78 is 0. The molecule has 5 heteroatoms. The van der Waals surface area contributed by atoms with Gasteiger partial charge >= 0.3 is 0 Å². The fourth-order valence-electron chi connectivity index (χ4n) is 6.08. The predicted molar refractivity (Wildman–Crippen MR) is 171 cm³/mol. The number of aromatic nitrogens is 1. The summed E-state index contributed by atoms with van der Waals surface area (Å²) in [6.07, 6.45) is 6.20. The van der Waals surface area contributed by atoms with E-state index < -0.39 is 0 Å². The number of carbonyl (C=O) groups is 1. The van der Waals surface area contributed by atoms with Gasteiger partial charge in [-0.15, -0.1) is 0 Å². The minimum Gasteiger partial charge on any atom is -0.326 e. The highest BCUT2D eigenvalue weighted by Crippen LogP contribution is 2.42. The van der Waals surface area contributed by atoms with Crippen LogP contribution in [0.15, 0.2) is 130 Å². The van der Waals surface area contributed by atoms with Gasteiger partial charge in [0.05, 0.1) is 16.4 Å².